The van der Waals surface area contributed by atoms with Gasteiger partial charge >= 0.3 is 5.97 Å². The molecule has 106 valence electrons. The Morgan fingerprint density at radius 2 is 2.00 bits per heavy atom. The van der Waals surface area contributed by atoms with Gasteiger partial charge in [0.2, 0.25) is 5.91 Å². The first-order valence-corrected chi connectivity index (χ1v) is 5.90. The summed E-state index contributed by atoms with van der Waals surface area (Å²) in [5.74, 6) is 0.0259. The summed E-state index contributed by atoms with van der Waals surface area (Å²) < 4.78 is 0. The Kier molecular flexibility index (Phi) is 5.42. The minimum atomic E-state index is -1.19. The van der Waals surface area contributed by atoms with Crippen LogP contribution in [-0.4, -0.2) is 33.2 Å². The molecule has 0 saturated carbocycles. The van der Waals surface area contributed by atoms with Gasteiger partial charge in [0.1, 0.15) is 6.04 Å². The van der Waals surface area contributed by atoms with Gasteiger partial charge in [-0.2, -0.15) is 0 Å². The highest BCUT2D eigenvalue weighted by molar-refractivity contribution is 5.83. The van der Waals surface area contributed by atoms with Crippen LogP contribution in [0.5, 0.6) is 11.5 Å². The maximum absolute atomic E-state index is 11.5. The summed E-state index contributed by atoms with van der Waals surface area (Å²) in [7, 11) is 0. The van der Waals surface area contributed by atoms with E-state index in [-0.39, 0.29) is 30.8 Å². The van der Waals surface area contributed by atoms with E-state index in [1.807, 2.05) is 0 Å². The number of benzene rings is 1. The van der Waals surface area contributed by atoms with E-state index in [4.69, 9.17) is 11.5 Å². The number of carbonyl (C=O) groups excluding carboxylic acids is 1. The molecule has 0 aliphatic heterocycles. The molecule has 6 heteroatoms. The molecule has 0 spiro atoms. The molecule has 1 aromatic rings. The molecule has 0 fully saturated rings. The van der Waals surface area contributed by atoms with Crippen molar-refractivity contribution < 1.29 is 24.9 Å². The van der Waals surface area contributed by atoms with Crippen LogP contribution in [0.2, 0.25) is 0 Å². The lowest BCUT2D eigenvalue weighted by Crippen LogP contribution is -2.42. The highest BCUT2D eigenvalue weighted by Gasteiger charge is 2.20. The lowest BCUT2D eigenvalue weighted by molar-refractivity contribution is -0.141. The zero-order valence-electron chi connectivity index (χ0n) is 10.7. The molecule has 4 N–H and O–H groups in total. The van der Waals surface area contributed by atoms with E-state index in [1.165, 1.54) is 18.2 Å². The summed E-state index contributed by atoms with van der Waals surface area (Å²) in [4.78, 5) is 22.6. The van der Waals surface area contributed by atoms with E-state index < -0.39 is 17.9 Å². The molecular weight excluding hydrogens is 262 g/mol. The molecule has 0 aliphatic rings. The van der Waals surface area contributed by atoms with E-state index in [0.717, 1.165) is 0 Å². The smallest absolute Gasteiger partial charge is 0.326 e. The first kappa shape index (κ1) is 15.4. The third kappa shape index (κ3) is 4.53. The second-order valence-electron chi connectivity index (χ2n) is 4.19. The summed E-state index contributed by atoms with van der Waals surface area (Å²) in [5.41, 5.74) is 0.477. The number of amides is 1. The maximum atomic E-state index is 11.5. The molecule has 1 aromatic carbocycles. The van der Waals surface area contributed by atoms with Crippen LogP contribution in [0, 0.1) is 12.3 Å². The van der Waals surface area contributed by atoms with Crippen molar-refractivity contribution in [3.63, 3.8) is 0 Å². The van der Waals surface area contributed by atoms with Crippen molar-refractivity contribution in [1.82, 2.24) is 5.32 Å². The first-order chi connectivity index (χ1) is 9.43. The Bertz CT molecular complexity index is 547. The van der Waals surface area contributed by atoms with Gasteiger partial charge in [-0.05, 0) is 17.7 Å². The second kappa shape index (κ2) is 7.04. The van der Waals surface area contributed by atoms with Crippen molar-refractivity contribution in [3.8, 4) is 23.8 Å². The van der Waals surface area contributed by atoms with Crippen molar-refractivity contribution in [2.24, 2.45) is 0 Å². The van der Waals surface area contributed by atoms with Crippen LogP contribution in [0.15, 0.2) is 18.2 Å². The van der Waals surface area contributed by atoms with E-state index in [9.17, 15) is 19.8 Å². The van der Waals surface area contributed by atoms with Gasteiger partial charge in [-0.15, -0.1) is 12.3 Å². The number of aliphatic carboxylic acids is 1. The van der Waals surface area contributed by atoms with Crippen LogP contribution >= 0.6 is 0 Å². The molecule has 0 unspecified atom stereocenters. The number of aromatic hydroxyl groups is 2. The van der Waals surface area contributed by atoms with Crippen LogP contribution < -0.4 is 5.32 Å². The van der Waals surface area contributed by atoms with E-state index in [1.54, 1.807) is 0 Å². The molecule has 0 aliphatic carbocycles. The third-order valence-electron chi connectivity index (χ3n) is 2.61. The van der Waals surface area contributed by atoms with Crippen LogP contribution in [0.3, 0.4) is 0 Å². The molecule has 0 heterocycles. The second-order valence-corrected chi connectivity index (χ2v) is 4.19. The summed E-state index contributed by atoms with van der Waals surface area (Å²) >= 11 is 0. The predicted octanol–water partition coefficient (Wildman–Crippen LogP) is 0.623. The molecule has 1 amide bonds. The van der Waals surface area contributed by atoms with Gasteiger partial charge in [-0.1, -0.05) is 6.07 Å². The Labute approximate surface area is 116 Å². The quantitative estimate of drug-likeness (QED) is 0.450. The summed E-state index contributed by atoms with van der Waals surface area (Å²) in [6.07, 6.45) is 5.31. The number of phenols is 2. The van der Waals surface area contributed by atoms with Crippen molar-refractivity contribution in [1.29, 1.82) is 0 Å². The standard InChI is InChI=1S/C14H15NO5/c1-2-3-4-13(18)15-10(14(19)20)7-9-5-6-11(16)12(17)8-9/h1,5-6,8,10,16-17H,3-4,7H2,(H,15,18)(H,19,20)/t10-/m0/s1. The van der Waals surface area contributed by atoms with Crippen LogP contribution in [0.4, 0.5) is 0 Å². The average Bonchev–Trinajstić information content (AvgIpc) is 2.39. The third-order valence-corrected chi connectivity index (χ3v) is 2.61. The topological polar surface area (TPSA) is 107 Å². The number of hydrogen-bond donors (Lipinski definition) is 4. The maximum Gasteiger partial charge on any atom is 0.326 e. The molecule has 0 bridgehead atoms. The minimum Gasteiger partial charge on any atom is -0.504 e. The molecule has 0 radical (unpaired) electrons. The summed E-state index contributed by atoms with van der Waals surface area (Å²) in [5, 5.41) is 29.9. The minimum absolute atomic E-state index is 0.00896. The van der Waals surface area contributed by atoms with Crippen molar-refractivity contribution in [3.05, 3.63) is 23.8 Å². The van der Waals surface area contributed by atoms with Crippen molar-refractivity contribution >= 4 is 11.9 Å². The predicted molar refractivity (Wildman–Crippen MR) is 71.1 cm³/mol. The fourth-order valence-electron chi connectivity index (χ4n) is 1.58. The number of terminal acetylenes is 1. The molecule has 1 rings (SSSR count). The summed E-state index contributed by atoms with van der Waals surface area (Å²) in [6, 6.07) is 2.85. The number of carboxylic acid groups (broad SMARTS) is 1. The Balaban J connectivity index is 2.72. The number of rotatable bonds is 6. The lowest BCUT2D eigenvalue weighted by Gasteiger charge is -2.14. The van der Waals surface area contributed by atoms with E-state index in [2.05, 4.69) is 11.2 Å². The van der Waals surface area contributed by atoms with Gasteiger partial charge < -0.3 is 20.6 Å². The van der Waals surface area contributed by atoms with Gasteiger partial charge in [0.05, 0.1) is 0 Å². The number of hydrogen-bond acceptors (Lipinski definition) is 4. The number of nitrogens with one attached hydrogen (secondary N) is 1. The molecule has 0 saturated heterocycles. The van der Waals surface area contributed by atoms with Crippen LogP contribution in [0.1, 0.15) is 18.4 Å². The highest BCUT2D eigenvalue weighted by atomic mass is 16.4. The van der Waals surface area contributed by atoms with Gasteiger partial charge in [0.25, 0.3) is 0 Å². The van der Waals surface area contributed by atoms with Gasteiger partial charge in [-0.25, -0.2) is 4.79 Å². The lowest BCUT2D eigenvalue weighted by atomic mass is 10.0. The van der Waals surface area contributed by atoms with E-state index >= 15 is 0 Å². The zero-order valence-corrected chi connectivity index (χ0v) is 10.7. The summed E-state index contributed by atoms with van der Waals surface area (Å²) in [6.45, 7) is 0. The molecule has 0 aromatic heterocycles. The van der Waals surface area contributed by atoms with Crippen LogP contribution in [-0.2, 0) is 16.0 Å². The molecule has 20 heavy (non-hydrogen) atoms. The Morgan fingerprint density at radius 3 is 2.55 bits per heavy atom. The molecular formula is C14H15NO5. The average molecular weight is 277 g/mol. The number of carboxylic acids is 1. The molecule has 1 atom stereocenters. The van der Waals surface area contributed by atoms with E-state index in [0.29, 0.717) is 5.56 Å². The van der Waals surface area contributed by atoms with Crippen LogP contribution in [0.25, 0.3) is 0 Å². The first-order valence-electron chi connectivity index (χ1n) is 5.90. The Morgan fingerprint density at radius 1 is 1.30 bits per heavy atom. The highest BCUT2D eigenvalue weighted by Crippen LogP contribution is 2.25. The molecule has 6 nitrogen and oxygen atoms in total. The largest absolute Gasteiger partial charge is 0.504 e. The SMILES string of the molecule is C#CCCC(=O)N[C@@H](Cc1ccc(O)c(O)c1)C(=O)O. The van der Waals surface area contributed by atoms with Gasteiger partial charge in [0, 0.05) is 19.3 Å². The fourth-order valence-corrected chi connectivity index (χ4v) is 1.58. The fraction of sp³-hybridized carbons (Fsp3) is 0.286. The Hall–Kier alpha value is -2.68. The van der Waals surface area contributed by atoms with Gasteiger partial charge in [-0.3, -0.25) is 4.79 Å². The normalized spacial score (nSPS) is 11.3. The van der Waals surface area contributed by atoms with Crippen molar-refractivity contribution in [2.45, 2.75) is 25.3 Å². The van der Waals surface area contributed by atoms with Crippen molar-refractivity contribution in [2.75, 3.05) is 0 Å². The zero-order chi connectivity index (χ0) is 15.1. The number of phenolic OH excluding ortho intramolecular Hbond substituents is 2. The number of carbonyl (C=O) groups is 2. The van der Waals surface area contributed by atoms with Gasteiger partial charge in [0.15, 0.2) is 11.5 Å². The monoisotopic (exact) mass is 277 g/mol.